The first-order valence-electron chi connectivity index (χ1n) is 13.3. The second-order valence-corrected chi connectivity index (χ2v) is 11.7. The quantitative estimate of drug-likeness (QED) is 0.335. The third-order valence-electron chi connectivity index (χ3n) is 7.30. The van der Waals surface area contributed by atoms with Crippen LogP contribution in [-0.2, 0) is 25.6 Å². The van der Waals surface area contributed by atoms with Gasteiger partial charge in [0.2, 0.25) is 11.2 Å². The number of ether oxygens (including phenoxy) is 1. The number of carbonyl (C=O) groups is 1. The molecule has 0 bridgehead atoms. The molecule has 210 valence electrons. The van der Waals surface area contributed by atoms with Gasteiger partial charge in [-0.1, -0.05) is 56.6 Å². The van der Waals surface area contributed by atoms with Crippen molar-refractivity contribution in [3.63, 3.8) is 0 Å². The summed E-state index contributed by atoms with van der Waals surface area (Å²) < 4.78 is 13.1. The molecule has 0 atom stereocenters. The highest BCUT2D eigenvalue weighted by Gasteiger charge is 2.26. The van der Waals surface area contributed by atoms with Crippen LogP contribution in [0.5, 0.6) is 5.75 Å². The Labute approximate surface area is 238 Å². The number of nitrogens with zero attached hydrogens (tertiary/aromatic N) is 5. The molecule has 40 heavy (non-hydrogen) atoms. The Morgan fingerprint density at radius 3 is 2.48 bits per heavy atom. The number of pyridine rings is 1. The van der Waals surface area contributed by atoms with Gasteiger partial charge in [-0.05, 0) is 23.5 Å². The third-order valence-corrected chi connectivity index (χ3v) is 7.69. The van der Waals surface area contributed by atoms with E-state index in [0.29, 0.717) is 60.1 Å². The Kier molecular flexibility index (Phi) is 7.70. The van der Waals surface area contributed by atoms with Crippen molar-refractivity contribution in [2.24, 2.45) is 7.05 Å². The molecule has 1 aliphatic heterocycles. The lowest BCUT2D eigenvalue weighted by Gasteiger charge is -2.34. The number of hydrogen-bond acceptors (Lipinski definition) is 7. The maximum atomic E-state index is 13.2. The van der Waals surface area contributed by atoms with Crippen LogP contribution in [0.1, 0.15) is 53.7 Å². The van der Waals surface area contributed by atoms with Crippen molar-refractivity contribution in [1.82, 2.24) is 24.6 Å². The molecule has 9 nitrogen and oxygen atoms in total. The van der Waals surface area contributed by atoms with Crippen molar-refractivity contribution < 1.29 is 13.9 Å². The molecule has 1 fully saturated rings. The number of amides is 1. The Morgan fingerprint density at radius 2 is 1.82 bits per heavy atom. The predicted octanol–water partition coefficient (Wildman–Crippen LogP) is 4.72. The van der Waals surface area contributed by atoms with E-state index in [-0.39, 0.29) is 29.1 Å². The first kappa shape index (κ1) is 27.9. The van der Waals surface area contributed by atoms with E-state index in [1.807, 2.05) is 19.1 Å². The molecule has 1 amide bonds. The van der Waals surface area contributed by atoms with Crippen LogP contribution in [0.4, 0.5) is 0 Å². The number of rotatable bonds is 6. The highest BCUT2D eigenvalue weighted by atomic mass is 35.5. The summed E-state index contributed by atoms with van der Waals surface area (Å²) in [5, 5.41) is 5.45. The summed E-state index contributed by atoms with van der Waals surface area (Å²) in [6.45, 7) is 11.4. The van der Waals surface area contributed by atoms with Crippen LogP contribution in [-0.4, -0.2) is 56.7 Å². The average Bonchev–Trinajstić information content (AvgIpc) is 3.22. The zero-order valence-corrected chi connectivity index (χ0v) is 24.3. The maximum absolute atomic E-state index is 13.2. The average molecular weight is 564 g/mol. The summed E-state index contributed by atoms with van der Waals surface area (Å²) in [6.07, 6.45) is 2.91. The molecule has 3 aromatic heterocycles. The topological polar surface area (TPSA) is 93.7 Å². The minimum atomic E-state index is -0.218. The van der Waals surface area contributed by atoms with Crippen molar-refractivity contribution in [3.05, 3.63) is 86.2 Å². The Bertz CT molecular complexity index is 1600. The third kappa shape index (κ3) is 5.76. The molecule has 5 rings (SSSR count). The molecule has 0 radical (unpaired) electrons. The number of aromatic nitrogens is 3. The molecule has 0 aliphatic carbocycles. The Hall–Kier alpha value is -3.69. The normalized spacial score (nSPS) is 14.6. The van der Waals surface area contributed by atoms with E-state index in [4.69, 9.17) is 20.8 Å². The molecular formula is C30H34ClN5O4. The molecule has 10 heteroatoms. The van der Waals surface area contributed by atoms with Gasteiger partial charge in [0.25, 0.3) is 5.91 Å². The number of benzene rings is 1. The zero-order chi connectivity index (χ0) is 28.6. The fraction of sp³-hybridized carbons (Fsp3) is 0.400. The second kappa shape index (κ2) is 11.1. The van der Waals surface area contributed by atoms with Gasteiger partial charge >= 0.3 is 0 Å². The first-order valence-corrected chi connectivity index (χ1v) is 13.7. The monoisotopic (exact) mass is 563 g/mol. The summed E-state index contributed by atoms with van der Waals surface area (Å²) in [7, 11) is 1.80. The van der Waals surface area contributed by atoms with Gasteiger partial charge in [0, 0.05) is 45.5 Å². The molecule has 4 aromatic rings. The van der Waals surface area contributed by atoms with Gasteiger partial charge < -0.3 is 14.1 Å². The molecule has 1 aliphatic rings. The van der Waals surface area contributed by atoms with Gasteiger partial charge in [0.1, 0.15) is 18.6 Å². The minimum absolute atomic E-state index is 0.0814. The van der Waals surface area contributed by atoms with Crippen molar-refractivity contribution in [2.45, 2.75) is 46.3 Å². The second-order valence-electron chi connectivity index (χ2n) is 11.3. The highest BCUT2D eigenvalue weighted by Crippen LogP contribution is 2.29. The molecule has 1 aromatic carbocycles. The van der Waals surface area contributed by atoms with E-state index in [1.165, 1.54) is 24.1 Å². The van der Waals surface area contributed by atoms with E-state index in [0.717, 1.165) is 11.3 Å². The lowest BCUT2D eigenvalue weighted by molar-refractivity contribution is 0.0619. The van der Waals surface area contributed by atoms with Crippen LogP contribution in [0.15, 0.2) is 52.0 Å². The summed E-state index contributed by atoms with van der Waals surface area (Å²) >= 11 is 6.61. The summed E-state index contributed by atoms with van der Waals surface area (Å²) in [6, 6.07) is 9.69. The van der Waals surface area contributed by atoms with E-state index >= 15 is 0 Å². The summed E-state index contributed by atoms with van der Waals surface area (Å²) in [5.41, 5.74) is 3.86. The number of hydrogen-bond donors (Lipinski definition) is 0. The summed E-state index contributed by atoms with van der Waals surface area (Å²) in [5.74, 6) is 0.588. The fourth-order valence-corrected chi connectivity index (χ4v) is 5.26. The van der Waals surface area contributed by atoms with Crippen LogP contribution in [0.25, 0.3) is 11.0 Å². The van der Waals surface area contributed by atoms with E-state index in [1.54, 1.807) is 16.6 Å². The van der Waals surface area contributed by atoms with Crippen LogP contribution < -0.4 is 10.2 Å². The number of carbonyl (C=O) groups excluding carboxylic acids is 1. The van der Waals surface area contributed by atoms with E-state index in [2.05, 4.69) is 47.9 Å². The molecule has 0 spiro atoms. The first-order chi connectivity index (χ1) is 19.0. The summed E-state index contributed by atoms with van der Waals surface area (Å²) in [4.78, 5) is 34.2. The minimum Gasteiger partial charge on any atom is -0.482 e. The molecule has 0 saturated carbocycles. The van der Waals surface area contributed by atoms with Gasteiger partial charge in [-0.25, -0.2) is 4.98 Å². The van der Waals surface area contributed by atoms with Gasteiger partial charge in [-0.15, -0.1) is 0 Å². The van der Waals surface area contributed by atoms with Gasteiger partial charge in [0.15, 0.2) is 5.65 Å². The molecule has 0 unspecified atom stereocenters. The highest BCUT2D eigenvalue weighted by molar-refractivity contribution is 6.38. The predicted molar refractivity (Wildman–Crippen MR) is 154 cm³/mol. The maximum Gasteiger partial charge on any atom is 0.257 e. The smallest absolute Gasteiger partial charge is 0.257 e. The number of aryl methyl sites for hydroxylation is 2. The lowest BCUT2D eigenvalue weighted by atomic mass is 9.87. The Balaban J connectivity index is 1.16. The van der Waals surface area contributed by atoms with E-state index in [9.17, 15) is 9.59 Å². The molecule has 1 saturated heterocycles. The van der Waals surface area contributed by atoms with Crippen LogP contribution in [0, 0.1) is 6.92 Å². The van der Waals surface area contributed by atoms with Crippen LogP contribution >= 0.6 is 11.6 Å². The molecular weight excluding hydrogens is 530 g/mol. The van der Waals surface area contributed by atoms with Gasteiger partial charge in [-0.3, -0.25) is 19.2 Å². The molecule has 4 heterocycles. The van der Waals surface area contributed by atoms with Crippen LogP contribution in [0.3, 0.4) is 0 Å². The van der Waals surface area contributed by atoms with Crippen molar-refractivity contribution in [1.29, 1.82) is 0 Å². The van der Waals surface area contributed by atoms with Gasteiger partial charge in [0.05, 0.1) is 28.2 Å². The van der Waals surface area contributed by atoms with Crippen molar-refractivity contribution >= 4 is 28.5 Å². The number of piperazine rings is 1. The number of fused-ring (bicyclic) bond motifs is 1. The van der Waals surface area contributed by atoms with Crippen molar-refractivity contribution in [2.75, 3.05) is 26.2 Å². The van der Waals surface area contributed by atoms with Crippen molar-refractivity contribution in [3.8, 4) is 5.75 Å². The molecule has 0 N–H and O–H groups in total. The van der Waals surface area contributed by atoms with Crippen LogP contribution in [0.2, 0.25) is 5.02 Å². The fourth-order valence-electron chi connectivity index (χ4n) is 4.91. The Morgan fingerprint density at radius 1 is 1.12 bits per heavy atom. The van der Waals surface area contributed by atoms with Gasteiger partial charge in [-0.2, -0.15) is 5.10 Å². The number of halogens is 1. The lowest BCUT2D eigenvalue weighted by Crippen LogP contribution is -2.48. The SMILES string of the molecule is Cc1nn(C)c2ncc(C(=O)N3CCN(Cc4cc(=O)c(OCc5ccc(C(C)(C)C)cc5)co4)CC3)c(Cl)c12. The standard InChI is InChI=1S/C30H34ClN5O4/c1-19-26-27(31)23(15-32-28(26)34(5)33-19)29(38)36-12-10-35(11-13-36)16-22-14-24(37)25(18-39-22)40-17-20-6-8-21(9-7-20)30(2,3)4/h6-9,14-15,18H,10-13,16-17H2,1-5H3. The largest absolute Gasteiger partial charge is 0.482 e. The zero-order valence-electron chi connectivity index (χ0n) is 23.5. The van der Waals surface area contributed by atoms with E-state index < -0.39 is 0 Å².